The molecule has 0 radical (unpaired) electrons. The van der Waals surface area contributed by atoms with Crippen molar-refractivity contribution in [1.82, 2.24) is 0 Å². The molecule has 186 valence electrons. The van der Waals surface area contributed by atoms with Gasteiger partial charge in [-0.2, -0.15) is 13.2 Å². The molecule has 2 heterocycles. The van der Waals surface area contributed by atoms with Crippen molar-refractivity contribution in [3.05, 3.63) is 92.8 Å². The summed E-state index contributed by atoms with van der Waals surface area (Å²) in [5.41, 5.74) is 0.613. The van der Waals surface area contributed by atoms with Crippen molar-refractivity contribution < 1.29 is 27.9 Å². The molecule has 3 aromatic rings. The summed E-state index contributed by atoms with van der Waals surface area (Å²) < 4.78 is 40.8. The first-order valence-electron chi connectivity index (χ1n) is 10.6. The monoisotopic (exact) mass is 586 g/mol. The van der Waals surface area contributed by atoms with Crippen LogP contribution < -0.4 is 10.2 Å². The third kappa shape index (κ3) is 5.02. The SMILES string of the molecule is O=C1Nc2ccc(Br)cc2C1=NN=C1SC(=Cc2ccc(O)cc2)C(=O)N1c1cccc(C(F)(F)F)c1. The normalized spacial score (nSPS) is 18.7. The maximum Gasteiger partial charge on any atom is 0.416 e. The topological polar surface area (TPSA) is 94.4 Å². The third-order valence-electron chi connectivity index (χ3n) is 5.36. The fourth-order valence-electron chi connectivity index (χ4n) is 3.63. The van der Waals surface area contributed by atoms with E-state index < -0.39 is 23.6 Å². The predicted octanol–water partition coefficient (Wildman–Crippen LogP) is 6.01. The average molecular weight is 587 g/mol. The Morgan fingerprint density at radius 2 is 1.76 bits per heavy atom. The Kier molecular flexibility index (Phi) is 6.38. The van der Waals surface area contributed by atoms with E-state index in [1.54, 1.807) is 30.3 Å². The molecule has 0 unspecified atom stereocenters. The summed E-state index contributed by atoms with van der Waals surface area (Å²) in [6.07, 6.45) is -3.09. The number of fused-ring (bicyclic) bond motifs is 1. The molecular weight excluding hydrogens is 573 g/mol. The van der Waals surface area contributed by atoms with Crippen molar-refractivity contribution in [2.45, 2.75) is 6.18 Å². The van der Waals surface area contributed by atoms with E-state index in [4.69, 9.17) is 0 Å². The number of amidine groups is 1. The van der Waals surface area contributed by atoms with Gasteiger partial charge in [0.05, 0.1) is 21.8 Å². The number of nitrogens with one attached hydrogen (secondary N) is 1. The van der Waals surface area contributed by atoms with E-state index in [0.717, 1.165) is 28.8 Å². The van der Waals surface area contributed by atoms with Crippen LogP contribution in [-0.2, 0) is 15.8 Å². The average Bonchev–Trinajstić information content (AvgIpc) is 3.33. The molecule has 0 bridgehead atoms. The van der Waals surface area contributed by atoms with Crippen LogP contribution in [0.25, 0.3) is 6.08 Å². The molecule has 0 saturated carbocycles. The summed E-state index contributed by atoms with van der Waals surface area (Å²) in [5, 5.41) is 20.4. The van der Waals surface area contributed by atoms with Crippen molar-refractivity contribution in [2.75, 3.05) is 10.2 Å². The lowest BCUT2D eigenvalue weighted by Crippen LogP contribution is -2.29. The van der Waals surface area contributed by atoms with Crippen LogP contribution in [0.4, 0.5) is 24.5 Å². The van der Waals surface area contributed by atoms with Gasteiger partial charge in [-0.15, -0.1) is 10.2 Å². The van der Waals surface area contributed by atoms with Gasteiger partial charge in [0.2, 0.25) is 5.17 Å². The number of hydrogen-bond donors (Lipinski definition) is 2. The Morgan fingerprint density at radius 1 is 1.00 bits per heavy atom. The van der Waals surface area contributed by atoms with Gasteiger partial charge in [0, 0.05) is 10.0 Å². The van der Waals surface area contributed by atoms with Crippen molar-refractivity contribution in [1.29, 1.82) is 0 Å². The molecule has 12 heteroatoms. The minimum Gasteiger partial charge on any atom is -0.508 e. The number of thioether (sulfide) groups is 1. The molecule has 1 fully saturated rings. The van der Waals surface area contributed by atoms with E-state index >= 15 is 0 Å². The lowest BCUT2D eigenvalue weighted by atomic mass is 10.1. The van der Waals surface area contributed by atoms with Gasteiger partial charge >= 0.3 is 6.18 Å². The van der Waals surface area contributed by atoms with Crippen LogP contribution in [0.2, 0.25) is 0 Å². The summed E-state index contributed by atoms with van der Waals surface area (Å²) in [6.45, 7) is 0. The first-order chi connectivity index (χ1) is 17.6. The zero-order chi connectivity index (χ0) is 26.3. The summed E-state index contributed by atoms with van der Waals surface area (Å²) in [6, 6.07) is 15.5. The molecule has 1 saturated heterocycles. The molecule has 2 aliphatic rings. The van der Waals surface area contributed by atoms with Crippen LogP contribution >= 0.6 is 27.7 Å². The molecular formula is C25H14BrF3N4O3S. The maximum atomic E-state index is 13.4. The van der Waals surface area contributed by atoms with Crippen LogP contribution in [0.15, 0.2) is 86.3 Å². The number of anilines is 2. The van der Waals surface area contributed by atoms with E-state index in [-0.39, 0.29) is 27.2 Å². The highest BCUT2D eigenvalue weighted by atomic mass is 79.9. The van der Waals surface area contributed by atoms with Gasteiger partial charge in [-0.1, -0.05) is 34.1 Å². The quantitative estimate of drug-likeness (QED) is 0.290. The molecule has 0 aromatic heterocycles. The molecule has 0 aliphatic carbocycles. The van der Waals surface area contributed by atoms with Crippen LogP contribution in [0.3, 0.4) is 0 Å². The maximum absolute atomic E-state index is 13.4. The predicted molar refractivity (Wildman–Crippen MR) is 139 cm³/mol. The summed E-state index contributed by atoms with van der Waals surface area (Å²) >= 11 is 4.24. The molecule has 2 aliphatic heterocycles. The van der Waals surface area contributed by atoms with Gasteiger partial charge in [0.15, 0.2) is 5.71 Å². The van der Waals surface area contributed by atoms with Crippen molar-refractivity contribution in [3.63, 3.8) is 0 Å². The highest BCUT2D eigenvalue weighted by Crippen LogP contribution is 2.39. The minimum absolute atomic E-state index is 0.00296. The molecule has 0 spiro atoms. The van der Waals surface area contributed by atoms with Crippen LogP contribution in [0, 0.1) is 0 Å². The number of carbonyl (C=O) groups is 2. The van der Waals surface area contributed by atoms with E-state index in [9.17, 15) is 27.9 Å². The second kappa shape index (κ2) is 9.52. The fraction of sp³-hybridized carbons (Fsp3) is 0.0400. The third-order valence-corrected chi connectivity index (χ3v) is 6.82. The molecule has 3 aromatic carbocycles. The number of hydrogen-bond acceptors (Lipinski definition) is 6. The largest absolute Gasteiger partial charge is 0.508 e. The van der Waals surface area contributed by atoms with E-state index in [0.29, 0.717) is 21.3 Å². The Bertz CT molecular complexity index is 1530. The zero-order valence-corrected chi connectivity index (χ0v) is 20.9. The minimum atomic E-state index is -4.62. The van der Waals surface area contributed by atoms with Crippen molar-refractivity contribution >= 4 is 67.8 Å². The molecule has 37 heavy (non-hydrogen) atoms. The molecule has 2 amide bonds. The molecule has 2 N–H and O–H groups in total. The number of carbonyl (C=O) groups excluding carboxylic acids is 2. The van der Waals surface area contributed by atoms with Crippen LogP contribution in [-0.4, -0.2) is 27.8 Å². The number of nitrogens with zero attached hydrogens (tertiary/aromatic N) is 3. The van der Waals surface area contributed by atoms with E-state index in [2.05, 4.69) is 31.4 Å². The first kappa shape index (κ1) is 24.8. The molecule has 7 nitrogen and oxygen atoms in total. The summed E-state index contributed by atoms with van der Waals surface area (Å²) in [4.78, 5) is 27.0. The molecule has 5 rings (SSSR count). The number of benzene rings is 3. The Hall–Kier alpha value is -3.90. The van der Waals surface area contributed by atoms with Crippen LogP contribution in [0.1, 0.15) is 16.7 Å². The number of amides is 2. The number of alkyl halides is 3. The van der Waals surface area contributed by atoms with Crippen molar-refractivity contribution in [2.24, 2.45) is 10.2 Å². The first-order valence-corrected chi connectivity index (χ1v) is 12.2. The van der Waals surface area contributed by atoms with E-state index in [1.165, 1.54) is 30.3 Å². The summed E-state index contributed by atoms with van der Waals surface area (Å²) in [5.74, 6) is -1.08. The smallest absolute Gasteiger partial charge is 0.416 e. The van der Waals surface area contributed by atoms with Gasteiger partial charge in [-0.25, -0.2) is 0 Å². The van der Waals surface area contributed by atoms with Gasteiger partial charge in [-0.05, 0) is 71.9 Å². The van der Waals surface area contributed by atoms with Gasteiger partial charge < -0.3 is 10.4 Å². The number of phenols is 1. The Balaban J connectivity index is 1.60. The van der Waals surface area contributed by atoms with Gasteiger partial charge in [-0.3, -0.25) is 14.5 Å². The number of aromatic hydroxyl groups is 1. The highest BCUT2D eigenvalue weighted by molar-refractivity contribution is 9.10. The second-order valence-corrected chi connectivity index (χ2v) is 9.79. The lowest BCUT2D eigenvalue weighted by Gasteiger charge is -2.16. The second-order valence-electron chi connectivity index (χ2n) is 7.87. The Labute approximate surface area is 220 Å². The van der Waals surface area contributed by atoms with Crippen LogP contribution in [0.5, 0.6) is 5.75 Å². The number of phenolic OH excluding ortho intramolecular Hbond substituents is 1. The standard InChI is InChI=1S/C25H14BrF3N4O3S/c26-15-6-9-19-18(12-15)21(22(35)30-19)31-32-24-33(16-3-1-2-14(11-16)25(27,28)29)23(36)20(37-24)10-13-4-7-17(34)8-5-13/h1-12,34H,(H,30,31,35). The summed E-state index contributed by atoms with van der Waals surface area (Å²) in [7, 11) is 0. The fourth-order valence-corrected chi connectivity index (χ4v) is 4.92. The lowest BCUT2D eigenvalue weighted by molar-refractivity contribution is -0.137. The highest BCUT2D eigenvalue weighted by Gasteiger charge is 2.37. The zero-order valence-electron chi connectivity index (χ0n) is 18.5. The Morgan fingerprint density at radius 3 is 2.49 bits per heavy atom. The number of halogens is 4. The van der Waals surface area contributed by atoms with Gasteiger partial charge in [0.25, 0.3) is 11.8 Å². The van der Waals surface area contributed by atoms with E-state index in [1.807, 2.05) is 0 Å². The van der Waals surface area contributed by atoms with Gasteiger partial charge in [0.1, 0.15) is 5.75 Å². The van der Waals surface area contributed by atoms with Crippen molar-refractivity contribution in [3.8, 4) is 5.75 Å². The number of rotatable bonds is 3. The molecule has 0 atom stereocenters.